The number of fused-ring (bicyclic) bond motifs is 1. The standard InChI is InChI=1S/C42H46O23/c1-15-28(49)34(55)39(65-41-36(57)33(54)30(51)25(63-41)14-58-26(48)9-4-16-2-6-18(44)7-3-16)42(59-15)64-38-31(52)27-22(47)11-19(60-40-35(56)32(53)29(50)24(13-43)62-40)12-23(27)61-37(38)17-5-8-20(45)21(46)10-17/h2-12,15,24-25,28-30,32-36,39-47,49-51,53-57H,13-14H2,1H3/b9-4+/t15-,24+,25+,28-,29+,30+,32-,33-,34+,35+,36+,39+,40+,41-,42-/m0/s1. The first kappa shape index (κ1) is 47.3. The van der Waals surface area contributed by atoms with Gasteiger partial charge in [-0.25, -0.2) is 4.79 Å². The Hall–Kier alpha value is -5.64. The molecule has 65 heavy (non-hydrogen) atoms. The number of rotatable bonds is 12. The van der Waals surface area contributed by atoms with Crippen molar-refractivity contribution in [1.29, 1.82) is 0 Å². The van der Waals surface area contributed by atoms with E-state index in [0.29, 0.717) is 5.56 Å². The number of aromatic hydroxyl groups is 4. The molecule has 0 spiro atoms. The van der Waals surface area contributed by atoms with E-state index in [0.717, 1.165) is 30.3 Å². The van der Waals surface area contributed by atoms with Gasteiger partial charge in [-0.3, -0.25) is 4.79 Å². The second-order valence-electron chi connectivity index (χ2n) is 15.4. The first-order valence-corrected chi connectivity index (χ1v) is 19.9. The molecule has 7 rings (SSSR count). The molecule has 4 aromatic rings. The van der Waals surface area contributed by atoms with E-state index < -0.39 is 156 Å². The van der Waals surface area contributed by atoms with Gasteiger partial charge in [0.15, 0.2) is 29.7 Å². The molecule has 3 saturated heterocycles. The average Bonchev–Trinajstić information content (AvgIpc) is 3.28. The number of carbonyl (C=O) groups is 1. The van der Waals surface area contributed by atoms with Crippen molar-refractivity contribution in [3.05, 3.63) is 76.5 Å². The highest BCUT2D eigenvalue weighted by Gasteiger charge is 2.51. The Morgan fingerprint density at radius 1 is 0.677 bits per heavy atom. The maximum absolute atomic E-state index is 14.4. The predicted molar refractivity (Wildman–Crippen MR) is 214 cm³/mol. The maximum atomic E-state index is 14.4. The van der Waals surface area contributed by atoms with Crippen LogP contribution < -0.4 is 14.9 Å². The first-order chi connectivity index (χ1) is 30.9. The van der Waals surface area contributed by atoms with Gasteiger partial charge in [-0.2, -0.15) is 0 Å². The molecule has 1 aromatic heterocycles. The molecule has 3 aliphatic rings. The zero-order chi connectivity index (χ0) is 47.0. The van der Waals surface area contributed by atoms with Crippen LogP contribution in [0.15, 0.2) is 69.9 Å². The lowest BCUT2D eigenvalue weighted by atomic mass is 9.97. The van der Waals surface area contributed by atoms with Crippen LogP contribution in [-0.4, -0.2) is 178 Å². The Balaban J connectivity index is 1.19. The molecule has 0 unspecified atom stereocenters. The summed E-state index contributed by atoms with van der Waals surface area (Å²) in [5, 5.41) is 136. The molecule has 13 N–H and O–H groups in total. The molecule has 0 aliphatic carbocycles. The summed E-state index contributed by atoms with van der Waals surface area (Å²) in [6, 6.07) is 10.9. The van der Waals surface area contributed by atoms with E-state index in [4.69, 9.17) is 37.6 Å². The van der Waals surface area contributed by atoms with Crippen molar-refractivity contribution in [2.45, 2.75) is 99.0 Å². The van der Waals surface area contributed by atoms with Crippen molar-refractivity contribution in [2.24, 2.45) is 0 Å². The highest BCUT2D eigenvalue weighted by molar-refractivity contribution is 5.89. The Morgan fingerprint density at radius 3 is 2.02 bits per heavy atom. The normalized spacial score (nSPS) is 32.9. The molecule has 3 aliphatic heterocycles. The SMILES string of the molecule is C[C@@H]1O[C@@H](Oc2c(-c3ccc(O)c(O)c3)oc3cc(O[C@@H]4O[C@H](CO)[C@@H](O)[C@H](O)[C@H]4O)cc(O)c3c2=O)[C@H](O[C@@H]2O[C@H](COC(=O)/C=C/c3ccc(O)cc3)[C@@H](O)[C@H](O)[C@H]2O)[C@H](O)[C@H]1O. The number of phenols is 4. The lowest BCUT2D eigenvalue weighted by Crippen LogP contribution is -2.64. The number of aliphatic hydroxyl groups excluding tert-OH is 9. The van der Waals surface area contributed by atoms with E-state index >= 15 is 0 Å². The van der Waals surface area contributed by atoms with E-state index in [1.807, 2.05) is 0 Å². The number of hydrogen-bond acceptors (Lipinski definition) is 23. The van der Waals surface area contributed by atoms with Gasteiger partial charge in [0.05, 0.1) is 12.7 Å². The van der Waals surface area contributed by atoms with Gasteiger partial charge in [0.2, 0.25) is 23.8 Å². The number of carbonyl (C=O) groups excluding carboxylic acids is 1. The van der Waals surface area contributed by atoms with Crippen LogP contribution in [0.4, 0.5) is 0 Å². The quantitative estimate of drug-likeness (QED) is 0.0406. The Bertz CT molecular complexity index is 2400. The lowest BCUT2D eigenvalue weighted by Gasteiger charge is -2.45. The fraction of sp³-hybridized carbons (Fsp3) is 0.429. The summed E-state index contributed by atoms with van der Waals surface area (Å²) >= 11 is 0. The van der Waals surface area contributed by atoms with E-state index in [2.05, 4.69) is 0 Å². The lowest BCUT2D eigenvalue weighted by molar-refractivity contribution is -0.355. The molecular formula is C42H46O23. The predicted octanol–water partition coefficient (Wildman–Crippen LogP) is -2.24. The minimum Gasteiger partial charge on any atom is -0.508 e. The van der Waals surface area contributed by atoms with Crippen LogP contribution in [0.2, 0.25) is 0 Å². The summed E-state index contributed by atoms with van der Waals surface area (Å²) in [6.07, 6.45) is -24.4. The Morgan fingerprint density at radius 2 is 1.34 bits per heavy atom. The summed E-state index contributed by atoms with van der Waals surface area (Å²) < 4.78 is 45.6. The zero-order valence-corrected chi connectivity index (χ0v) is 33.8. The topological polar surface area (TPSA) is 375 Å². The third-order valence-electron chi connectivity index (χ3n) is 10.9. The summed E-state index contributed by atoms with van der Waals surface area (Å²) in [4.78, 5) is 26.9. The highest BCUT2D eigenvalue weighted by atomic mass is 16.8. The monoisotopic (exact) mass is 918 g/mol. The van der Waals surface area contributed by atoms with E-state index in [1.54, 1.807) is 0 Å². The molecule has 3 aromatic carbocycles. The van der Waals surface area contributed by atoms with E-state index in [9.17, 15) is 76.0 Å². The molecule has 23 heteroatoms. The Labute approximate surface area is 365 Å². The van der Waals surface area contributed by atoms with Gasteiger partial charge in [0, 0.05) is 23.8 Å². The molecule has 3 fully saturated rings. The van der Waals surface area contributed by atoms with Crippen molar-refractivity contribution in [3.8, 4) is 45.8 Å². The summed E-state index contributed by atoms with van der Waals surface area (Å²) in [7, 11) is 0. The minimum absolute atomic E-state index is 0.000991. The number of hydrogen-bond donors (Lipinski definition) is 13. The molecular weight excluding hydrogens is 872 g/mol. The molecule has 23 nitrogen and oxygen atoms in total. The van der Waals surface area contributed by atoms with Crippen molar-refractivity contribution in [3.63, 3.8) is 0 Å². The summed E-state index contributed by atoms with van der Waals surface area (Å²) in [5.74, 6) is -4.66. The number of ether oxygens (including phenoxy) is 7. The van der Waals surface area contributed by atoms with Gasteiger partial charge in [0.25, 0.3) is 0 Å². The van der Waals surface area contributed by atoms with Crippen molar-refractivity contribution < 1.29 is 109 Å². The average molecular weight is 919 g/mol. The van der Waals surface area contributed by atoms with E-state index in [-0.39, 0.29) is 17.1 Å². The molecule has 352 valence electrons. The van der Waals surface area contributed by atoms with Gasteiger partial charge < -0.3 is 104 Å². The van der Waals surface area contributed by atoms with Crippen molar-refractivity contribution in [1.82, 2.24) is 0 Å². The largest absolute Gasteiger partial charge is 0.508 e. The molecule has 15 atom stereocenters. The van der Waals surface area contributed by atoms with Gasteiger partial charge in [-0.1, -0.05) is 12.1 Å². The third kappa shape index (κ3) is 9.83. The highest BCUT2D eigenvalue weighted by Crippen LogP contribution is 2.41. The second-order valence-corrected chi connectivity index (χ2v) is 15.4. The van der Waals surface area contributed by atoms with Gasteiger partial charge in [-0.15, -0.1) is 0 Å². The van der Waals surface area contributed by atoms with Crippen LogP contribution in [0, 0.1) is 0 Å². The first-order valence-electron chi connectivity index (χ1n) is 19.9. The third-order valence-corrected chi connectivity index (χ3v) is 10.9. The number of benzene rings is 3. The van der Waals surface area contributed by atoms with Crippen LogP contribution >= 0.6 is 0 Å². The van der Waals surface area contributed by atoms with E-state index in [1.165, 1.54) is 43.3 Å². The van der Waals surface area contributed by atoms with Gasteiger partial charge >= 0.3 is 5.97 Å². The minimum atomic E-state index is -2.06. The molecule has 0 bridgehead atoms. The molecule has 0 radical (unpaired) electrons. The number of esters is 1. The zero-order valence-electron chi connectivity index (χ0n) is 33.8. The second kappa shape index (κ2) is 19.4. The smallest absolute Gasteiger partial charge is 0.330 e. The van der Waals surface area contributed by atoms with Crippen LogP contribution in [0.25, 0.3) is 28.4 Å². The van der Waals surface area contributed by atoms with Crippen LogP contribution in [0.3, 0.4) is 0 Å². The molecule has 4 heterocycles. The Kier molecular flexibility index (Phi) is 14.2. The summed E-state index contributed by atoms with van der Waals surface area (Å²) in [5.41, 5.74) is -1.19. The van der Waals surface area contributed by atoms with Gasteiger partial charge in [-0.05, 0) is 48.9 Å². The van der Waals surface area contributed by atoms with Crippen LogP contribution in [-0.2, 0) is 28.5 Å². The number of phenolic OH excluding ortho intramolecular Hbond substituents is 4. The van der Waals surface area contributed by atoms with Crippen LogP contribution in [0.5, 0.6) is 34.5 Å². The summed E-state index contributed by atoms with van der Waals surface area (Å²) in [6.45, 7) is -0.163. The fourth-order valence-electron chi connectivity index (χ4n) is 7.23. The van der Waals surface area contributed by atoms with Crippen molar-refractivity contribution >= 4 is 23.0 Å². The molecule has 0 amide bonds. The van der Waals surface area contributed by atoms with Crippen molar-refractivity contribution in [2.75, 3.05) is 13.2 Å². The number of aliphatic hydroxyl groups is 9. The maximum Gasteiger partial charge on any atom is 0.330 e. The van der Waals surface area contributed by atoms with Crippen LogP contribution in [0.1, 0.15) is 12.5 Å². The molecule has 0 saturated carbocycles. The fourth-order valence-corrected chi connectivity index (χ4v) is 7.23. The van der Waals surface area contributed by atoms with Gasteiger partial charge in [0.1, 0.15) is 95.9 Å².